The molecule has 0 aliphatic carbocycles. The van der Waals surface area contributed by atoms with Crippen LogP contribution in [0.25, 0.3) is 0 Å². The van der Waals surface area contributed by atoms with Gasteiger partial charge in [0.05, 0.1) is 0 Å². The quantitative estimate of drug-likeness (QED) is 0.777. The van der Waals surface area contributed by atoms with Crippen molar-refractivity contribution in [2.75, 3.05) is 0 Å². The summed E-state index contributed by atoms with van der Waals surface area (Å²) >= 11 is 0. The van der Waals surface area contributed by atoms with E-state index in [9.17, 15) is 0 Å². The topological polar surface area (TPSA) is 38.4 Å². The number of nitrogens with zero attached hydrogens (tertiary/aromatic N) is 1. The van der Waals surface area contributed by atoms with Crippen LogP contribution in [0, 0.1) is 0 Å². The number of rotatable bonds is 3. The lowest BCUT2D eigenvalue weighted by Crippen LogP contribution is -2.35. The predicted molar refractivity (Wildman–Crippen MR) is 67.4 cm³/mol. The smallest absolute Gasteiger partial charge is 0.159 e. The van der Waals surface area contributed by atoms with Gasteiger partial charge in [-0.3, -0.25) is 10.7 Å². The maximum absolute atomic E-state index is 6.31. The molecule has 0 heterocycles. The lowest BCUT2D eigenvalue weighted by Gasteiger charge is -2.25. The number of nitrogens with two attached hydrogens (primary N) is 1. The van der Waals surface area contributed by atoms with Crippen LogP contribution in [0.5, 0.6) is 0 Å². The highest BCUT2D eigenvalue weighted by atomic mass is 15.0. The Morgan fingerprint density at radius 1 is 0.812 bits per heavy atom. The molecule has 2 N–H and O–H groups in total. The first-order valence-corrected chi connectivity index (χ1v) is 5.15. The van der Waals surface area contributed by atoms with E-state index in [2.05, 4.69) is 11.7 Å². The van der Waals surface area contributed by atoms with Crippen LogP contribution >= 0.6 is 0 Å². The molecule has 0 bridgehead atoms. The number of aliphatic imine (C=N–C) groups is 1. The third kappa shape index (κ3) is 1.75. The van der Waals surface area contributed by atoms with Gasteiger partial charge in [-0.05, 0) is 17.8 Å². The standard InChI is InChI=1S/C14H14N2/c1-16-14(15,12-8-4-2-5-9-12)13-10-6-3-7-11-13/h2-11H,1,15H2. The number of hydrogen-bond donors (Lipinski definition) is 1. The summed E-state index contributed by atoms with van der Waals surface area (Å²) in [4.78, 5) is 4.09. The lowest BCUT2D eigenvalue weighted by atomic mass is 9.93. The molecule has 0 fully saturated rings. The maximum atomic E-state index is 6.31. The van der Waals surface area contributed by atoms with Crippen LogP contribution in [0.2, 0.25) is 0 Å². The highest BCUT2D eigenvalue weighted by molar-refractivity contribution is 5.41. The van der Waals surface area contributed by atoms with E-state index in [0.717, 1.165) is 11.1 Å². The first-order valence-electron chi connectivity index (χ1n) is 5.15. The Bertz CT molecular complexity index is 423. The summed E-state index contributed by atoms with van der Waals surface area (Å²) in [6.45, 7) is 3.61. The van der Waals surface area contributed by atoms with Gasteiger partial charge in [0.2, 0.25) is 0 Å². The van der Waals surface area contributed by atoms with Crippen molar-refractivity contribution in [1.29, 1.82) is 0 Å². The van der Waals surface area contributed by atoms with Gasteiger partial charge < -0.3 is 0 Å². The molecule has 2 nitrogen and oxygen atoms in total. The monoisotopic (exact) mass is 210 g/mol. The zero-order valence-corrected chi connectivity index (χ0v) is 9.01. The summed E-state index contributed by atoms with van der Waals surface area (Å²) in [6, 6.07) is 19.6. The van der Waals surface area contributed by atoms with E-state index in [1.807, 2.05) is 60.7 Å². The molecule has 2 aromatic rings. The fraction of sp³-hybridized carbons (Fsp3) is 0.0714. The van der Waals surface area contributed by atoms with Gasteiger partial charge in [-0.1, -0.05) is 60.7 Å². The first kappa shape index (κ1) is 10.6. The summed E-state index contributed by atoms with van der Waals surface area (Å²) in [6.07, 6.45) is 0. The van der Waals surface area contributed by atoms with Crippen molar-refractivity contribution in [3.05, 3.63) is 71.8 Å². The van der Waals surface area contributed by atoms with E-state index in [1.165, 1.54) is 0 Å². The summed E-state index contributed by atoms with van der Waals surface area (Å²) in [5.41, 5.74) is 7.33. The number of benzene rings is 2. The lowest BCUT2D eigenvalue weighted by molar-refractivity contribution is 0.576. The van der Waals surface area contributed by atoms with Gasteiger partial charge in [-0.25, -0.2) is 0 Å². The highest BCUT2D eigenvalue weighted by Crippen LogP contribution is 2.27. The molecule has 0 aliphatic rings. The normalized spacial score (nSPS) is 11.1. The molecule has 2 heteroatoms. The second-order valence-electron chi connectivity index (χ2n) is 3.66. The van der Waals surface area contributed by atoms with Crippen LogP contribution in [0.4, 0.5) is 0 Å². The summed E-state index contributed by atoms with van der Waals surface area (Å²) in [7, 11) is 0. The summed E-state index contributed by atoms with van der Waals surface area (Å²) < 4.78 is 0. The van der Waals surface area contributed by atoms with Gasteiger partial charge in [0.25, 0.3) is 0 Å². The Morgan fingerprint density at radius 3 is 1.50 bits per heavy atom. The molecule has 0 saturated carbocycles. The van der Waals surface area contributed by atoms with Gasteiger partial charge >= 0.3 is 0 Å². The molecule has 2 rings (SSSR count). The first-order chi connectivity index (χ1) is 7.77. The minimum atomic E-state index is -0.859. The summed E-state index contributed by atoms with van der Waals surface area (Å²) in [5.74, 6) is 0. The molecule has 0 spiro atoms. The third-order valence-corrected chi connectivity index (χ3v) is 2.68. The zero-order valence-electron chi connectivity index (χ0n) is 9.01. The van der Waals surface area contributed by atoms with Crippen molar-refractivity contribution in [2.24, 2.45) is 10.7 Å². The Labute approximate surface area is 95.5 Å². The molecule has 16 heavy (non-hydrogen) atoms. The molecule has 2 aromatic carbocycles. The SMILES string of the molecule is C=NC(N)(c1ccccc1)c1ccccc1. The van der Waals surface area contributed by atoms with Gasteiger partial charge in [0.15, 0.2) is 5.66 Å². The van der Waals surface area contributed by atoms with Gasteiger partial charge in [0, 0.05) is 0 Å². The minimum Gasteiger partial charge on any atom is -0.300 e. The molecule has 0 atom stereocenters. The predicted octanol–water partition coefficient (Wildman–Crippen LogP) is 2.55. The van der Waals surface area contributed by atoms with E-state index in [4.69, 9.17) is 5.73 Å². The third-order valence-electron chi connectivity index (χ3n) is 2.68. The van der Waals surface area contributed by atoms with E-state index < -0.39 is 5.66 Å². The Morgan fingerprint density at radius 2 is 1.19 bits per heavy atom. The molecule has 80 valence electrons. The van der Waals surface area contributed by atoms with E-state index in [-0.39, 0.29) is 0 Å². The Hall–Kier alpha value is -1.93. The number of hydrogen-bond acceptors (Lipinski definition) is 2. The molecular weight excluding hydrogens is 196 g/mol. The van der Waals surface area contributed by atoms with Crippen molar-refractivity contribution >= 4 is 6.72 Å². The van der Waals surface area contributed by atoms with Crippen molar-refractivity contribution in [3.8, 4) is 0 Å². The summed E-state index contributed by atoms with van der Waals surface area (Å²) in [5, 5.41) is 0. The van der Waals surface area contributed by atoms with Gasteiger partial charge in [0.1, 0.15) is 0 Å². The molecule has 0 saturated heterocycles. The molecule has 0 aliphatic heterocycles. The van der Waals surface area contributed by atoms with Gasteiger partial charge in [-0.2, -0.15) is 0 Å². The largest absolute Gasteiger partial charge is 0.300 e. The molecule has 0 amide bonds. The minimum absolute atomic E-state index is 0.859. The van der Waals surface area contributed by atoms with Crippen LogP contribution < -0.4 is 5.73 Å². The molecule has 0 aromatic heterocycles. The molecular formula is C14H14N2. The fourth-order valence-corrected chi connectivity index (χ4v) is 1.73. The van der Waals surface area contributed by atoms with Crippen molar-refractivity contribution < 1.29 is 0 Å². The second kappa shape index (κ2) is 4.29. The van der Waals surface area contributed by atoms with Crippen LogP contribution in [0.15, 0.2) is 65.7 Å². The van der Waals surface area contributed by atoms with E-state index in [1.54, 1.807) is 0 Å². The second-order valence-corrected chi connectivity index (χ2v) is 3.66. The van der Waals surface area contributed by atoms with E-state index >= 15 is 0 Å². The van der Waals surface area contributed by atoms with Crippen molar-refractivity contribution in [1.82, 2.24) is 0 Å². The van der Waals surface area contributed by atoms with Crippen molar-refractivity contribution in [2.45, 2.75) is 5.66 Å². The average molecular weight is 210 g/mol. The van der Waals surface area contributed by atoms with Crippen molar-refractivity contribution in [3.63, 3.8) is 0 Å². The van der Waals surface area contributed by atoms with Crippen LogP contribution in [-0.4, -0.2) is 6.72 Å². The van der Waals surface area contributed by atoms with Crippen LogP contribution in [0.1, 0.15) is 11.1 Å². The molecule has 0 unspecified atom stereocenters. The average Bonchev–Trinajstić information content (AvgIpc) is 2.40. The van der Waals surface area contributed by atoms with Crippen LogP contribution in [-0.2, 0) is 5.66 Å². The van der Waals surface area contributed by atoms with E-state index in [0.29, 0.717) is 0 Å². The van der Waals surface area contributed by atoms with Crippen LogP contribution in [0.3, 0.4) is 0 Å². The Balaban J connectivity index is 2.53. The molecule has 0 radical (unpaired) electrons. The maximum Gasteiger partial charge on any atom is 0.159 e. The van der Waals surface area contributed by atoms with Gasteiger partial charge in [-0.15, -0.1) is 0 Å². The Kier molecular flexibility index (Phi) is 2.84. The fourth-order valence-electron chi connectivity index (χ4n) is 1.73. The highest BCUT2D eigenvalue weighted by Gasteiger charge is 2.26. The zero-order chi connectivity index (χ0) is 11.4.